The van der Waals surface area contributed by atoms with E-state index in [1.807, 2.05) is 12.1 Å². The van der Waals surface area contributed by atoms with E-state index in [4.69, 9.17) is 4.42 Å². The van der Waals surface area contributed by atoms with Crippen molar-refractivity contribution in [3.63, 3.8) is 0 Å². The first-order valence-corrected chi connectivity index (χ1v) is 9.11. The second kappa shape index (κ2) is 8.60. The zero-order valence-corrected chi connectivity index (χ0v) is 15.2. The molecule has 2 heterocycles. The fourth-order valence-corrected chi connectivity index (χ4v) is 3.21. The summed E-state index contributed by atoms with van der Waals surface area (Å²) < 4.78 is 5.36. The van der Waals surface area contributed by atoms with Gasteiger partial charge in [0.15, 0.2) is 5.96 Å². The molecule has 1 aliphatic heterocycles. The summed E-state index contributed by atoms with van der Waals surface area (Å²) >= 11 is 0. The Labute approximate surface area is 150 Å². The van der Waals surface area contributed by atoms with Gasteiger partial charge in [-0.15, -0.1) is 0 Å². The molecule has 1 aromatic carbocycles. The Morgan fingerprint density at radius 2 is 2.08 bits per heavy atom. The highest BCUT2D eigenvalue weighted by Gasteiger charge is 2.14. The van der Waals surface area contributed by atoms with Crippen LogP contribution in [0.15, 0.2) is 52.1 Å². The zero-order valence-electron chi connectivity index (χ0n) is 15.2. The first kappa shape index (κ1) is 17.4. The number of hydrogen-bond donors (Lipinski definition) is 2. The first-order chi connectivity index (χ1) is 12.3. The van der Waals surface area contributed by atoms with Crippen LogP contribution >= 0.6 is 0 Å². The van der Waals surface area contributed by atoms with Gasteiger partial charge in [-0.05, 0) is 49.6 Å². The molecule has 3 rings (SSSR count). The summed E-state index contributed by atoms with van der Waals surface area (Å²) in [7, 11) is 1.80. The highest BCUT2D eigenvalue weighted by atomic mass is 16.3. The molecule has 1 atom stereocenters. The number of furan rings is 1. The van der Waals surface area contributed by atoms with E-state index in [2.05, 4.69) is 51.7 Å². The first-order valence-electron chi connectivity index (χ1n) is 9.11. The molecule has 1 saturated heterocycles. The van der Waals surface area contributed by atoms with Crippen LogP contribution in [0.4, 0.5) is 5.69 Å². The van der Waals surface area contributed by atoms with Gasteiger partial charge in [0.05, 0.1) is 12.3 Å². The van der Waals surface area contributed by atoms with Crippen LogP contribution in [0.25, 0.3) is 0 Å². The van der Waals surface area contributed by atoms with Gasteiger partial charge >= 0.3 is 0 Å². The molecule has 1 unspecified atom stereocenters. The molecule has 1 aromatic heterocycles. The second-order valence-electron chi connectivity index (χ2n) is 6.48. The molecular formula is C20H28N4O. The fourth-order valence-electron chi connectivity index (χ4n) is 3.21. The Morgan fingerprint density at radius 1 is 1.24 bits per heavy atom. The third-order valence-corrected chi connectivity index (χ3v) is 4.66. The third-order valence-electron chi connectivity index (χ3n) is 4.66. The molecule has 134 valence electrons. The Bertz CT molecular complexity index is 675. The summed E-state index contributed by atoms with van der Waals surface area (Å²) in [5, 5.41) is 6.82. The standard InChI is InChI=1S/C20H28N4O/c1-16(17-7-5-8-18(15-17)24-12-3-4-13-24)23-20(21-2)22-11-10-19-9-6-14-25-19/h5-9,14-16H,3-4,10-13H2,1-2H3,(H2,21,22,23). The van der Waals surface area contributed by atoms with Crippen molar-refractivity contribution in [2.45, 2.75) is 32.2 Å². The molecule has 25 heavy (non-hydrogen) atoms. The van der Waals surface area contributed by atoms with Crippen molar-refractivity contribution >= 4 is 11.6 Å². The van der Waals surface area contributed by atoms with Crippen molar-refractivity contribution in [1.29, 1.82) is 0 Å². The summed E-state index contributed by atoms with van der Waals surface area (Å²) in [5.41, 5.74) is 2.60. The van der Waals surface area contributed by atoms with Crippen molar-refractivity contribution in [2.75, 3.05) is 31.6 Å². The minimum absolute atomic E-state index is 0.192. The molecule has 5 heteroatoms. The Morgan fingerprint density at radius 3 is 2.80 bits per heavy atom. The van der Waals surface area contributed by atoms with Crippen LogP contribution in [0.1, 0.15) is 37.1 Å². The number of nitrogens with zero attached hydrogens (tertiary/aromatic N) is 2. The Balaban J connectivity index is 1.54. The van der Waals surface area contributed by atoms with E-state index in [0.717, 1.165) is 24.7 Å². The highest BCUT2D eigenvalue weighted by molar-refractivity contribution is 5.80. The average Bonchev–Trinajstić information content (AvgIpc) is 3.34. The molecule has 0 amide bonds. The van der Waals surface area contributed by atoms with E-state index >= 15 is 0 Å². The monoisotopic (exact) mass is 340 g/mol. The van der Waals surface area contributed by atoms with Gasteiger partial charge in [-0.3, -0.25) is 4.99 Å². The van der Waals surface area contributed by atoms with Gasteiger partial charge in [0.1, 0.15) is 5.76 Å². The van der Waals surface area contributed by atoms with Gasteiger partial charge in [-0.2, -0.15) is 0 Å². The maximum Gasteiger partial charge on any atom is 0.191 e. The van der Waals surface area contributed by atoms with Gasteiger partial charge in [0.2, 0.25) is 0 Å². The largest absolute Gasteiger partial charge is 0.469 e. The molecule has 0 aliphatic carbocycles. The van der Waals surface area contributed by atoms with E-state index in [1.165, 1.54) is 37.2 Å². The number of guanidine groups is 1. The molecule has 1 aliphatic rings. The van der Waals surface area contributed by atoms with E-state index in [9.17, 15) is 0 Å². The normalized spacial score (nSPS) is 16.1. The molecule has 0 saturated carbocycles. The van der Waals surface area contributed by atoms with Crippen LogP contribution < -0.4 is 15.5 Å². The highest BCUT2D eigenvalue weighted by Crippen LogP contribution is 2.23. The lowest BCUT2D eigenvalue weighted by atomic mass is 10.1. The lowest BCUT2D eigenvalue weighted by Gasteiger charge is -2.22. The van der Waals surface area contributed by atoms with Crippen molar-refractivity contribution in [1.82, 2.24) is 10.6 Å². The van der Waals surface area contributed by atoms with Crippen LogP contribution in [0.5, 0.6) is 0 Å². The number of hydrogen-bond acceptors (Lipinski definition) is 3. The van der Waals surface area contributed by atoms with E-state index in [1.54, 1.807) is 13.3 Å². The average molecular weight is 340 g/mol. The quantitative estimate of drug-likeness (QED) is 0.625. The van der Waals surface area contributed by atoms with E-state index < -0.39 is 0 Å². The topological polar surface area (TPSA) is 52.8 Å². The fraction of sp³-hybridized carbons (Fsp3) is 0.450. The zero-order chi connectivity index (χ0) is 17.5. The number of rotatable bonds is 6. The van der Waals surface area contributed by atoms with Gasteiger partial charge < -0.3 is 20.0 Å². The summed E-state index contributed by atoms with van der Waals surface area (Å²) in [4.78, 5) is 6.79. The third kappa shape index (κ3) is 4.78. The van der Waals surface area contributed by atoms with Crippen LogP contribution in [0, 0.1) is 0 Å². The van der Waals surface area contributed by atoms with Gasteiger partial charge in [0.25, 0.3) is 0 Å². The molecule has 0 bridgehead atoms. The summed E-state index contributed by atoms with van der Waals surface area (Å²) in [6.07, 6.45) is 5.14. The summed E-state index contributed by atoms with van der Waals surface area (Å²) in [6, 6.07) is 12.9. The maximum atomic E-state index is 5.36. The predicted octanol–water partition coefficient (Wildman–Crippen LogP) is 3.35. The number of aliphatic imine (C=N–C) groups is 1. The number of anilines is 1. The smallest absolute Gasteiger partial charge is 0.191 e. The van der Waals surface area contributed by atoms with Crippen molar-refractivity contribution in [3.05, 3.63) is 54.0 Å². The molecule has 1 fully saturated rings. The minimum Gasteiger partial charge on any atom is -0.469 e. The summed E-state index contributed by atoms with van der Waals surface area (Å²) in [5.74, 6) is 1.79. The molecule has 2 aromatic rings. The lowest BCUT2D eigenvalue weighted by Crippen LogP contribution is -2.39. The molecule has 2 N–H and O–H groups in total. The molecule has 0 spiro atoms. The Kier molecular flexibility index (Phi) is 5.99. The van der Waals surface area contributed by atoms with Gasteiger partial charge in [0, 0.05) is 38.8 Å². The second-order valence-corrected chi connectivity index (χ2v) is 6.48. The maximum absolute atomic E-state index is 5.36. The van der Waals surface area contributed by atoms with Crippen molar-refractivity contribution < 1.29 is 4.42 Å². The SMILES string of the molecule is CN=C(NCCc1ccco1)NC(C)c1cccc(N2CCCC2)c1. The predicted molar refractivity (Wildman–Crippen MR) is 103 cm³/mol. The number of benzene rings is 1. The van der Waals surface area contributed by atoms with Gasteiger partial charge in [-0.1, -0.05) is 12.1 Å². The van der Waals surface area contributed by atoms with E-state index in [-0.39, 0.29) is 6.04 Å². The van der Waals surface area contributed by atoms with Gasteiger partial charge in [-0.25, -0.2) is 0 Å². The van der Waals surface area contributed by atoms with E-state index in [0.29, 0.717) is 0 Å². The molecule has 0 radical (unpaired) electrons. The summed E-state index contributed by atoms with van der Waals surface area (Å²) in [6.45, 7) is 5.29. The number of nitrogens with one attached hydrogen (secondary N) is 2. The molecular weight excluding hydrogens is 312 g/mol. The molecule has 5 nitrogen and oxygen atoms in total. The van der Waals surface area contributed by atoms with Crippen LogP contribution in [0.2, 0.25) is 0 Å². The minimum atomic E-state index is 0.192. The van der Waals surface area contributed by atoms with Crippen molar-refractivity contribution in [2.24, 2.45) is 4.99 Å². The van der Waals surface area contributed by atoms with Crippen LogP contribution in [-0.4, -0.2) is 32.6 Å². The van der Waals surface area contributed by atoms with Crippen LogP contribution in [0.3, 0.4) is 0 Å². The Hall–Kier alpha value is -2.43. The van der Waals surface area contributed by atoms with Crippen LogP contribution in [-0.2, 0) is 6.42 Å². The van der Waals surface area contributed by atoms with Crippen molar-refractivity contribution in [3.8, 4) is 0 Å². The lowest BCUT2D eigenvalue weighted by molar-refractivity contribution is 0.506.